The number of hydrogen-bond donors (Lipinski definition) is 0. The fraction of sp³-hybridized carbons (Fsp3) is 0.556. The minimum absolute atomic E-state index is 0.660. The quantitative estimate of drug-likeness (QED) is 0.714. The molecule has 0 saturated carbocycles. The molecule has 1 atom stereocenters. The molecule has 1 saturated heterocycles. The molecular weight excluding hydrogens is 324 g/mol. The van der Waals surface area contributed by atoms with E-state index in [2.05, 4.69) is 50.5 Å². The van der Waals surface area contributed by atoms with Gasteiger partial charge in [0.05, 0.1) is 0 Å². The van der Waals surface area contributed by atoms with Gasteiger partial charge in [0.1, 0.15) is 0 Å². The molecule has 2 aromatic heterocycles. The van der Waals surface area contributed by atoms with Gasteiger partial charge in [0.25, 0.3) is 0 Å². The van der Waals surface area contributed by atoms with Gasteiger partial charge >= 0.3 is 0 Å². The maximum Gasteiger partial charge on any atom is 0.0496 e. The van der Waals surface area contributed by atoms with Crippen LogP contribution in [0, 0.1) is 6.92 Å². The molecule has 2 nitrogen and oxygen atoms in total. The number of likely N-dealkylation sites (tertiary alicyclic amines) is 1. The van der Waals surface area contributed by atoms with Gasteiger partial charge in [-0.2, -0.15) is 0 Å². The highest BCUT2D eigenvalue weighted by Gasteiger charge is 2.31. The molecule has 0 spiro atoms. The summed E-state index contributed by atoms with van der Waals surface area (Å²) in [6.45, 7) is 4.90. The standard InChI is InChI=1S/C18H23BrN2/c1-13-17-12-14(19)8-11-21(17)16-7-5-6-15(18(13)16)20-9-3-2-4-10-20/h8,11-12,15H,2-7,9-10H2,1H3. The second-order valence-corrected chi connectivity index (χ2v) is 7.51. The molecule has 0 bridgehead atoms. The van der Waals surface area contributed by atoms with Crippen molar-refractivity contribution in [2.45, 2.75) is 51.5 Å². The van der Waals surface area contributed by atoms with Crippen LogP contribution in [0.4, 0.5) is 0 Å². The first-order valence-corrected chi connectivity index (χ1v) is 9.08. The van der Waals surface area contributed by atoms with E-state index < -0.39 is 0 Å². The molecule has 1 aliphatic carbocycles. The van der Waals surface area contributed by atoms with Gasteiger partial charge in [0.2, 0.25) is 0 Å². The minimum Gasteiger partial charge on any atom is -0.320 e. The molecule has 0 aromatic carbocycles. The minimum atomic E-state index is 0.660. The SMILES string of the molecule is Cc1c2c(n3ccc(Br)cc13)CCCC2N1CCCCC1. The first-order valence-electron chi connectivity index (χ1n) is 8.28. The van der Waals surface area contributed by atoms with Crippen LogP contribution in [0.15, 0.2) is 22.8 Å². The molecule has 112 valence electrons. The van der Waals surface area contributed by atoms with Crippen molar-refractivity contribution < 1.29 is 0 Å². The predicted octanol–water partition coefficient (Wildman–Crippen LogP) is 4.87. The fourth-order valence-corrected chi connectivity index (χ4v) is 4.72. The van der Waals surface area contributed by atoms with Crippen LogP contribution in [-0.2, 0) is 6.42 Å². The second-order valence-electron chi connectivity index (χ2n) is 6.59. The van der Waals surface area contributed by atoms with E-state index in [1.54, 1.807) is 11.3 Å². The van der Waals surface area contributed by atoms with Crippen molar-refractivity contribution in [2.24, 2.45) is 0 Å². The van der Waals surface area contributed by atoms with Gasteiger partial charge in [-0.05, 0) is 75.4 Å². The van der Waals surface area contributed by atoms with Crippen LogP contribution in [0.1, 0.15) is 55.0 Å². The summed E-state index contributed by atoms with van der Waals surface area (Å²) in [5.74, 6) is 0. The molecule has 1 aliphatic heterocycles. The first-order chi connectivity index (χ1) is 10.3. The Morgan fingerprint density at radius 1 is 1.14 bits per heavy atom. The zero-order valence-corrected chi connectivity index (χ0v) is 14.3. The number of aryl methyl sites for hydroxylation is 2. The molecule has 21 heavy (non-hydrogen) atoms. The number of halogens is 1. The van der Waals surface area contributed by atoms with Crippen molar-refractivity contribution >= 4 is 21.4 Å². The lowest BCUT2D eigenvalue weighted by atomic mass is 9.88. The van der Waals surface area contributed by atoms with Crippen LogP contribution < -0.4 is 0 Å². The van der Waals surface area contributed by atoms with E-state index >= 15 is 0 Å². The van der Waals surface area contributed by atoms with Gasteiger partial charge in [-0.15, -0.1) is 0 Å². The topological polar surface area (TPSA) is 7.65 Å². The monoisotopic (exact) mass is 346 g/mol. The number of fused-ring (bicyclic) bond motifs is 3. The van der Waals surface area contributed by atoms with Crippen LogP contribution in [-0.4, -0.2) is 22.4 Å². The maximum atomic E-state index is 3.63. The van der Waals surface area contributed by atoms with E-state index in [0.29, 0.717) is 6.04 Å². The highest BCUT2D eigenvalue weighted by molar-refractivity contribution is 9.10. The average molecular weight is 347 g/mol. The summed E-state index contributed by atoms with van der Waals surface area (Å²) in [5, 5.41) is 0. The van der Waals surface area contributed by atoms with Crippen molar-refractivity contribution in [3.05, 3.63) is 39.6 Å². The number of hydrogen-bond acceptors (Lipinski definition) is 1. The molecule has 0 N–H and O–H groups in total. The van der Waals surface area contributed by atoms with Crippen LogP contribution in [0.5, 0.6) is 0 Å². The molecule has 4 rings (SSSR count). The zero-order valence-electron chi connectivity index (χ0n) is 12.7. The Bertz CT molecular complexity index is 667. The predicted molar refractivity (Wildman–Crippen MR) is 90.9 cm³/mol. The summed E-state index contributed by atoms with van der Waals surface area (Å²) >= 11 is 3.63. The Morgan fingerprint density at radius 2 is 1.95 bits per heavy atom. The second kappa shape index (κ2) is 5.44. The number of aromatic nitrogens is 1. The summed E-state index contributed by atoms with van der Waals surface area (Å²) in [6.07, 6.45) is 10.3. The molecule has 0 radical (unpaired) electrons. The van der Waals surface area contributed by atoms with Crippen molar-refractivity contribution in [3.63, 3.8) is 0 Å². The number of nitrogens with zero attached hydrogens (tertiary/aromatic N) is 2. The molecule has 2 aromatic rings. The molecule has 1 unspecified atom stereocenters. The van der Waals surface area contributed by atoms with E-state index in [-0.39, 0.29) is 0 Å². The first kappa shape index (κ1) is 13.8. The lowest BCUT2D eigenvalue weighted by molar-refractivity contribution is 0.148. The van der Waals surface area contributed by atoms with Gasteiger partial charge in [0.15, 0.2) is 0 Å². The molecule has 3 heteroatoms. The highest BCUT2D eigenvalue weighted by atomic mass is 79.9. The van der Waals surface area contributed by atoms with Crippen LogP contribution in [0.3, 0.4) is 0 Å². The Labute approximate surface area is 135 Å². The summed E-state index contributed by atoms with van der Waals surface area (Å²) in [7, 11) is 0. The van der Waals surface area contributed by atoms with Crippen molar-refractivity contribution in [1.82, 2.24) is 9.30 Å². The third-order valence-electron chi connectivity index (χ3n) is 5.36. The van der Waals surface area contributed by atoms with E-state index in [1.165, 1.54) is 67.2 Å². The van der Waals surface area contributed by atoms with Crippen LogP contribution >= 0.6 is 15.9 Å². The largest absolute Gasteiger partial charge is 0.320 e. The van der Waals surface area contributed by atoms with Crippen molar-refractivity contribution in [1.29, 1.82) is 0 Å². The Kier molecular flexibility index (Phi) is 3.58. The summed E-state index contributed by atoms with van der Waals surface area (Å²) in [5.41, 5.74) is 6.10. The maximum absolute atomic E-state index is 3.63. The van der Waals surface area contributed by atoms with Crippen LogP contribution in [0.2, 0.25) is 0 Å². The third kappa shape index (κ3) is 2.25. The molecule has 0 amide bonds. The van der Waals surface area contributed by atoms with Gasteiger partial charge in [-0.3, -0.25) is 4.90 Å². The number of pyridine rings is 1. The highest BCUT2D eigenvalue weighted by Crippen LogP contribution is 2.40. The average Bonchev–Trinajstić information content (AvgIpc) is 2.81. The van der Waals surface area contributed by atoms with E-state index in [1.807, 2.05) is 0 Å². The smallest absolute Gasteiger partial charge is 0.0496 e. The molecular formula is C18H23BrN2. The Balaban J connectivity index is 1.84. The van der Waals surface area contributed by atoms with E-state index in [9.17, 15) is 0 Å². The normalized spacial score (nSPS) is 23.4. The lowest BCUT2D eigenvalue weighted by Gasteiger charge is -2.37. The molecule has 3 heterocycles. The lowest BCUT2D eigenvalue weighted by Crippen LogP contribution is -2.35. The Hall–Kier alpha value is -0.800. The van der Waals surface area contributed by atoms with Gasteiger partial charge in [-0.1, -0.05) is 22.4 Å². The van der Waals surface area contributed by atoms with Crippen molar-refractivity contribution in [3.8, 4) is 0 Å². The summed E-state index contributed by atoms with van der Waals surface area (Å²) in [6, 6.07) is 5.10. The summed E-state index contributed by atoms with van der Waals surface area (Å²) < 4.78 is 3.62. The van der Waals surface area contributed by atoms with E-state index in [4.69, 9.17) is 0 Å². The van der Waals surface area contributed by atoms with Crippen molar-refractivity contribution in [2.75, 3.05) is 13.1 Å². The fourth-order valence-electron chi connectivity index (χ4n) is 4.38. The third-order valence-corrected chi connectivity index (χ3v) is 5.86. The van der Waals surface area contributed by atoms with Gasteiger partial charge in [-0.25, -0.2) is 0 Å². The molecule has 1 fully saturated rings. The zero-order chi connectivity index (χ0) is 14.4. The molecule has 2 aliphatic rings. The summed E-state index contributed by atoms with van der Waals surface area (Å²) in [4.78, 5) is 2.75. The van der Waals surface area contributed by atoms with Crippen LogP contribution in [0.25, 0.3) is 5.52 Å². The number of piperidine rings is 1. The van der Waals surface area contributed by atoms with Gasteiger partial charge in [0, 0.05) is 27.9 Å². The van der Waals surface area contributed by atoms with E-state index in [0.717, 1.165) is 0 Å². The van der Waals surface area contributed by atoms with Gasteiger partial charge < -0.3 is 4.40 Å². The number of rotatable bonds is 1. The Morgan fingerprint density at radius 3 is 2.76 bits per heavy atom.